The van der Waals surface area contributed by atoms with Crippen LogP contribution in [0.15, 0.2) is 36.5 Å². The standard InChI is InChI=1S/C20H21Cl3N4O2/c21-14-3-1-13(2-4-14)20(29)26-7-5-25(6-8-26)17-11-27(12-18(17)28)19-16(23)9-15(22)10-24-19/h1-4,9-10,17-18,28H,5-8,11-12H2/t17-,18-/m1/s1. The summed E-state index contributed by atoms with van der Waals surface area (Å²) in [4.78, 5) is 23.1. The van der Waals surface area contributed by atoms with Crippen LogP contribution in [0.25, 0.3) is 0 Å². The van der Waals surface area contributed by atoms with Gasteiger partial charge in [-0.1, -0.05) is 34.8 Å². The molecule has 2 atom stereocenters. The van der Waals surface area contributed by atoms with Crippen LogP contribution in [-0.4, -0.2) is 77.2 Å². The highest BCUT2D eigenvalue weighted by molar-refractivity contribution is 6.36. The summed E-state index contributed by atoms with van der Waals surface area (Å²) in [5, 5.41) is 12.2. The molecule has 154 valence electrons. The van der Waals surface area contributed by atoms with Crippen LogP contribution in [0.5, 0.6) is 0 Å². The number of aromatic nitrogens is 1. The molecule has 1 aromatic carbocycles. The molecular formula is C20H21Cl3N4O2. The number of carbonyl (C=O) groups is 1. The normalized spacial score (nSPS) is 22.9. The molecule has 9 heteroatoms. The minimum Gasteiger partial charge on any atom is -0.390 e. The fourth-order valence-electron chi connectivity index (χ4n) is 3.97. The van der Waals surface area contributed by atoms with Gasteiger partial charge in [-0.15, -0.1) is 0 Å². The lowest BCUT2D eigenvalue weighted by Gasteiger charge is -2.38. The van der Waals surface area contributed by atoms with E-state index in [4.69, 9.17) is 34.8 Å². The van der Waals surface area contributed by atoms with Crippen LogP contribution in [0.2, 0.25) is 15.1 Å². The molecule has 6 nitrogen and oxygen atoms in total. The van der Waals surface area contributed by atoms with Crippen LogP contribution >= 0.6 is 34.8 Å². The van der Waals surface area contributed by atoms with Crippen molar-refractivity contribution in [3.8, 4) is 0 Å². The van der Waals surface area contributed by atoms with Gasteiger partial charge in [-0.3, -0.25) is 9.69 Å². The molecule has 4 rings (SSSR count). The summed E-state index contributed by atoms with van der Waals surface area (Å²) in [6.45, 7) is 3.73. The van der Waals surface area contributed by atoms with Crippen molar-refractivity contribution in [1.82, 2.24) is 14.8 Å². The molecule has 1 N–H and O–H groups in total. The van der Waals surface area contributed by atoms with E-state index in [-0.39, 0.29) is 11.9 Å². The summed E-state index contributed by atoms with van der Waals surface area (Å²) in [7, 11) is 0. The largest absolute Gasteiger partial charge is 0.390 e. The van der Waals surface area contributed by atoms with Crippen molar-refractivity contribution in [2.24, 2.45) is 0 Å². The number of piperazine rings is 1. The van der Waals surface area contributed by atoms with Gasteiger partial charge in [-0.2, -0.15) is 0 Å². The third kappa shape index (κ3) is 4.47. The lowest BCUT2D eigenvalue weighted by Crippen LogP contribution is -2.54. The molecule has 0 radical (unpaired) electrons. The highest BCUT2D eigenvalue weighted by atomic mass is 35.5. The maximum absolute atomic E-state index is 12.7. The molecule has 3 heterocycles. The topological polar surface area (TPSA) is 59.9 Å². The van der Waals surface area contributed by atoms with Gasteiger partial charge in [0.2, 0.25) is 0 Å². The number of aliphatic hydroxyl groups excluding tert-OH is 1. The molecule has 1 amide bonds. The molecule has 0 spiro atoms. The number of nitrogens with zero attached hydrogens (tertiary/aromatic N) is 4. The van der Waals surface area contributed by atoms with Crippen molar-refractivity contribution in [1.29, 1.82) is 0 Å². The van der Waals surface area contributed by atoms with Crippen LogP contribution in [0.4, 0.5) is 5.82 Å². The Labute approximate surface area is 184 Å². The fraction of sp³-hybridized carbons (Fsp3) is 0.400. The molecule has 29 heavy (non-hydrogen) atoms. The zero-order valence-corrected chi connectivity index (χ0v) is 17.9. The van der Waals surface area contributed by atoms with Gasteiger partial charge in [0.25, 0.3) is 5.91 Å². The van der Waals surface area contributed by atoms with Gasteiger partial charge in [0, 0.05) is 56.1 Å². The Morgan fingerprint density at radius 1 is 1.00 bits per heavy atom. The predicted molar refractivity (Wildman–Crippen MR) is 115 cm³/mol. The molecule has 1 aromatic heterocycles. The van der Waals surface area contributed by atoms with E-state index in [1.165, 1.54) is 0 Å². The van der Waals surface area contributed by atoms with E-state index >= 15 is 0 Å². The maximum Gasteiger partial charge on any atom is 0.253 e. The van der Waals surface area contributed by atoms with Gasteiger partial charge in [0.15, 0.2) is 0 Å². The Hall–Kier alpha value is -1.57. The van der Waals surface area contributed by atoms with Gasteiger partial charge in [0.05, 0.1) is 22.2 Å². The number of aliphatic hydroxyl groups is 1. The second-order valence-electron chi connectivity index (χ2n) is 7.33. The number of benzene rings is 1. The van der Waals surface area contributed by atoms with Crippen LogP contribution in [0, 0.1) is 0 Å². The van der Waals surface area contributed by atoms with Crippen molar-refractivity contribution in [2.75, 3.05) is 44.2 Å². The van der Waals surface area contributed by atoms with Crippen molar-refractivity contribution in [3.63, 3.8) is 0 Å². The minimum absolute atomic E-state index is 0.00654. The molecule has 2 saturated heterocycles. The smallest absolute Gasteiger partial charge is 0.253 e. The van der Waals surface area contributed by atoms with Crippen molar-refractivity contribution >= 4 is 46.5 Å². The molecular weight excluding hydrogens is 435 g/mol. The summed E-state index contributed by atoms with van der Waals surface area (Å²) < 4.78 is 0. The molecule has 0 aliphatic carbocycles. The zero-order chi connectivity index (χ0) is 20.5. The average Bonchev–Trinajstić information content (AvgIpc) is 3.09. The Balaban J connectivity index is 1.37. The zero-order valence-electron chi connectivity index (χ0n) is 15.6. The van der Waals surface area contributed by atoms with E-state index in [0.717, 1.165) is 0 Å². The summed E-state index contributed by atoms with van der Waals surface area (Å²) in [6.07, 6.45) is 1.05. The molecule has 2 aromatic rings. The van der Waals surface area contributed by atoms with E-state index in [1.54, 1.807) is 36.5 Å². The monoisotopic (exact) mass is 454 g/mol. The Bertz CT molecular complexity index is 888. The summed E-state index contributed by atoms with van der Waals surface area (Å²) in [6, 6.07) is 8.58. The number of hydrogen-bond acceptors (Lipinski definition) is 5. The molecule has 0 unspecified atom stereocenters. The van der Waals surface area contributed by atoms with E-state index in [9.17, 15) is 9.90 Å². The first kappa shape index (κ1) is 20.7. The number of carbonyl (C=O) groups excluding carboxylic acids is 1. The number of halogens is 3. The van der Waals surface area contributed by atoms with Crippen LogP contribution in [0.3, 0.4) is 0 Å². The van der Waals surface area contributed by atoms with Crippen LogP contribution in [0.1, 0.15) is 10.4 Å². The van der Waals surface area contributed by atoms with Crippen LogP contribution < -0.4 is 4.90 Å². The quantitative estimate of drug-likeness (QED) is 0.771. The fourth-order valence-corrected chi connectivity index (χ4v) is 4.60. The number of rotatable bonds is 3. The Kier molecular flexibility index (Phi) is 6.18. The Morgan fingerprint density at radius 3 is 2.34 bits per heavy atom. The SMILES string of the molecule is O=C(c1ccc(Cl)cc1)N1CCN([C@@H]2CN(c3ncc(Cl)cc3Cl)C[C@H]2O)CC1. The second-order valence-corrected chi connectivity index (χ2v) is 8.61. The van der Waals surface area contributed by atoms with Gasteiger partial charge >= 0.3 is 0 Å². The maximum atomic E-state index is 12.7. The van der Waals surface area contributed by atoms with E-state index in [0.29, 0.717) is 65.7 Å². The number of amides is 1. The van der Waals surface area contributed by atoms with Gasteiger partial charge < -0.3 is 14.9 Å². The van der Waals surface area contributed by atoms with E-state index < -0.39 is 6.10 Å². The van der Waals surface area contributed by atoms with Crippen molar-refractivity contribution in [2.45, 2.75) is 12.1 Å². The highest BCUT2D eigenvalue weighted by Gasteiger charge is 2.38. The van der Waals surface area contributed by atoms with Crippen molar-refractivity contribution in [3.05, 3.63) is 57.2 Å². The number of pyridine rings is 1. The second kappa shape index (κ2) is 8.66. The molecule has 2 fully saturated rings. The number of hydrogen-bond donors (Lipinski definition) is 1. The molecule has 0 bridgehead atoms. The first-order chi connectivity index (χ1) is 13.9. The number of β-amino-alcohol motifs (C(OH)–C–C–N with tert-alkyl or cyclic N) is 1. The average molecular weight is 456 g/mol. The van der Waals surface area contributed by atoms with Gasteiger partial charge in [-0.05, 0) is 30.3 Å². The van der Waals surface area contributed by atoms with Crippen molar-refractivity contribution < 1.29 is 9.90 Å². The highest BCUT2D eigenvalue weighted by Crippen LogP contribution is 2.30. The third-order valence-electron chi connectivity index (χ3n) is 5.51. The number of anilines is 1. The Morgan fingerprint density at radius 2 is 1.69 bits per heavy atom. The lowest BCUT2D eigenvalue weighted by molar-refractivity contribution is 0.0376. The minimum atomic E-state index is -0.512. The van der Waals surface area contributed by atoms with Gasteiger partial charge in [-0.25, -0.2) is 4.98 Å². The first-order valence-electron chi connectivity index (χ1n) is 9.45. The lowest BCUT2D eigenvalue weighted by atomic mass is 10.1. The van der Waals surface area contributed by atoms with E-state index in [1.807, 2.05) is 9.80 Å². The molecule has 2 aliphatic heterocycles. The summed E-state index contributed by atoms with van der Waals surface area (Å²) >= 11 is 18.1. The summed E-state index contributed by atoms with van der Waals surface area (Å²) in [5.41, 5.74) is 0.637. The molecule has 2 aliphatic rings. The van der Waals surface area contributed by atoms with Crippen LogP contribution in [-0.2, 0) is 0 Å². The van der Waals surface area contributed by atoms with Gasteiger partial charge in [0.1, 0.15) is 5.82 Å². The first-order valence-corrected chi connectivity index (χ1v) is 10.6. The van der Waals surface area contributed by atoms with E-state index in [2.05, 4.69) is 9.88 Å². The third-order valence-corrected chi connectivity index (χ3v) is 6.25. The predicted octanol–water partition coefficient (Wildman–Crippen LogP) is 3.05. The molecule has 0 saturated carbocycles. The summed E-state index contributed by atoms with van der Waals surface area (Å²) in [5.74, 6) is 0.640.